The maximum absolute atomic E-state index is 5.50. The summed E-state index contributed by atoms with van der Waals surface area (Å²) >= 11 is 0. The van der Waals surface area contributed by atoms with Gasteiger partial charge >= 0.3 is 0 Å². The van der Waals surface area contributed by atoms with E-state index < -0.39 is 5.41 Å². The molecule has 2 aliphatic rings. The van der Waals surface area contributed by atoms with Crippen molar-refractivity contribution in [2.24, 2.45) is 0 Å². The molecule has 0 saturated heterocycles. The summed E-state index contributed by atoms with van der Waals surface area (Å²) in [5.74, 6) is 1.74. The lowest BCUT2D eigenvalue weighted by atomic mass is 9.70. The van der Waals surface area contributed by atoms with E-state index in [4.69, 9.17) is 15.0 Å². The molecule has 0 unspecified atom stereocenters. The van der Waals surface area contributed by atoms with Gasteiger partial charge in [-0.15, -0.1) is 0 Å². The van der Waals surface area contributed by atoms with Crippen molar-refractivity contribution in [2.75, 3.05) is 0 Å². The number of hydrogen-bond acceptors (Lipinski definition) is 3. The zero-order valence-electron chi connectivity index (χ0n) is 33.9. The van der Waals surface area contributed by atoms with Gasteiger partial charge in [0, 0.05) is 27.1 Å². The summed E-state index contributed by atoms with van der Waals surface area (Å²) < 4.78 is 4.46. The summed E-state index contributed by atoms with van der Waals surface area (Å²) in [6, 6.07) is 76.5. The molecule has 14 rings (SSSR count). The third kappa shape index (κ3) is 4.57. The van der Waals surface area contributed by atoms with Crippen molar-refractivity contribution in [3.8, 4) is 56.7 Å². The van der Waals surface area contributed by atoms with Crippen LogP contribution < -0.4 is 0 Å². The Balaban J connectivity index is 1.07. The van der Waals surface area contributed by atoms with Gasteiger partial charge < -0.3 is 0 Å². The molecule has 1 spiro atoms. The Morgan fingerprint density at radius 2 is 0.810 bits per heavy atom. The highest BCUT2D eigenvalue weighted by atomic mass is 15.3. The fraction of sp³-hybridized carbons (Fsp3) is 0.0172. The Morgan fingerprint density at radius 1 is 0.317 bits per heavy atom. The lowest BCUT2D eigenvalue weighted by Crippen LogP contribution is -2.25. The second-order valence-electron chi connectivity index (χ2n) is 16.7. The molecule has 0 bridgehead atoms. The Hall–Kier alpha value is -8.41. The molecule has 5 heteroatoms. The first-order valence-electron chi connectivity index (χ1n) is 21.5. The molecule has 12 aromatic rings. The van der Waals surface area contributed by atoms with Crippen LogP contribution in [0.4, 0.5) is 0 Å². The molecule has 0 fully saturated rings. The highest BCUT2D eigenvalue weighted by molar-refractivity contribution is 6.19. The topological polar surface area (TPSA) is 48.5 Å². The number of fused-ring (bicyclic) bond motifs is 17. The van der Waals surface area contributed by atoms with Gasteiger partial charge in [0.1, 0.15) is 0 Å². The Bertz CT molecular complexity index is 3810. The predicted molar refractivity (Wildman–Crippen MR) is 256 cm³/mol. The first kappa shape index (κ1) is 34.3. The van der Waals surface area contributed by atoms with E-state index in [9.17, 15) is 0 Å². The standard InChI is InChI=1S/C58H35N5/c1-3-17-36(18-4-1)38-31-33-51-44(35-38)41-23-10-15-29-49(41)62(51)56-59-55(37-19-5-2-6-20-37)60-57(61-56)63-50-30-16-11-25-43(50)54-52(63)34-32-48-53(54)42-24-9-14-28-47(42)58(48)45-26-12-7-21-39(45)40-22-8-13-27-46(40)58/h1-35H. The summed E-state index contributed by atoms with van der Waals surface area (Å²) in [6.07, 6.45) is 0. The Morgan fingerprint density at radius 3 is 1.49 bits per heavy atom. The van der Waals surface area contributed by atoms with Crippen molar-refractivity contribution in [2.45, 2.75) is 5.41 Å². The van der Waals surface area contributed by atoms with Crippen LogP contribution >= 0.6 is 0 Å². The minimum atomic E-state index is -0.450. The van der Waals surface area contributed by atoms with E-state index in [1.165, 1.54) is 55.5 Å². The molecule has 0 amide bonds. The average molecular weight is 802 g/mol. The number of nitrogens with zero attached hydrogens (tertiary/aromatic N) is 5. The number of aromatic nitrogens is 5. The molecular formula is C58H35N5. The summed E-state index contributed by atoms with van der Waals surface area (Å²) in [5, 5.41) is 4.64. The van der Waals surface area contributed by atoms with Crippen LogP contribution in [0.5, 0.6) is 0 Å². The van der Waals surface area contributed by atoms with Crippen molar-refractivity contribution < 1.29 is 0 Å². The van der Waals surface area contributed by atoms with Gasteiger partial charge in [0.05, 0.1) is 27.5 Å². The molecule has 0 aliphatic heterocycles. The largest absolute Gasteiger partial charge is 0.278 e. The fourth-order valence-corrected chi connectivity index (χ4v) is 11.1. The minimum Gasteiger partial charge on any atom is -0.278 e. The zero-order chi connectivity index (χ0) is 41.2. The van der Waals surface area contributed by atoms with Gasteiger partial charge in [-0.1, -0.05) is 182 Å². The number of benzene rings is 9. The lowest BCUT2D eigenvalue weighted by Gasteiger charge is -2.30. The summed E-state index contributed by atoms with van der Waals surface area (Å²) in [6.45, 7) is 0. The Labute approximate surface area is 362 Å². The molecule has 3 aromatic heterocycles. The first-order valence-corrected chi connectivity index (χ1v) is 21.5. The van der Waals surface area contributed by atoms with Crippen molar-refractivity contribution in [1.29, 1.82) is 0 Å². The monoisotopic (exact) mass is 801 g/mol. The first-order chi connectivity index (χ1) is 31.3. The normalized spacial score (nSPS) is 13.2. The summed E-state index contributed by atoms with van der Waals surface area (Å²) in [4.78, 5) is 16.2. The van der Waals surface area contributed by atoms with Crippen LogP contribution in [-0.4, -0.2) is 24.1 Å². The summed E-state index contributed by atoms with van der Waals surface area (Å²) in [5.41, 5.74) is 17.4. The van der Waals surface area contributed by atoms with Gasteiger partial charge in [-0.3, -0.25) is 9.13 Å². The third-order valence-corrected chi connectivity index (χ3v) is 13.6. The van der Waals surface area contributed by atoms with E-state index in [-0.39, 0.29) is 0 Å². The maximum atomic E-state index is 5.50. The van der Waals surface area contributed by atoms with Crippen molar-refractivity contribution >= 4 is 43.6 Å². The van der Waals surface area contributed by atoms with Gasteiger partial charge in [0.25, 0.3) is 0 Å². The molecule has 3 heterocycles. The number of rotatable bonds is 4. The van der Waals surface area contributed by atoms with E-state index in [1.807, 2.05) is 18.2 Å². The quantitative estimate of drug-likeness (QED) is 0.178. The van der Waals surface area contributed by atoms with Gasteiger partial charge in [0.15, 0.2) is 5.82 Å². The van der Waals surface area contributed by atoms with Crippen molar-refractivity contribution in [1.82, 2.24) is 24.1 Å². The van der Waals surface area contributed by atoms with Crippen LogP contribution in [0.1, 0.15) is 22.3 Å². The molecule has 9 aromatic carbocycles. The maximum Gasteiger partial charge on any atom is 0.240 e. The minimum absolute atomic E-state index is 0.450. The van der Waals surface area contributed by atoms with Gasteiger partial charge in [-0.25, -0.2) is 0 Å². The van der Waals surface area contributed by atoms with Crippen LogP contribution in [-0.2, 0) is 5.41 Å². The fourth-order valence-electron chi connectivity index (χ4n) is 11.1. The van der Waals surface area contributed by atoms with E-state index in [0.717, 1.165) is 49.4 Å². The van der Waals surface area contributed by atoms with Crippen LogP contribution in [0.3, 0.4) is 0 Å². The molecule has 2 aliphatic carbocycles. The molecular weight excluding hydrogens is 767 g/mol. The lowest BCUT2D eigenvalue weighted by molar-refractivity contribution is 0.794. The van der Waals surface area contributed by atoms with Gasteiger partial charge in [-0.2, -0.15) is 15.0 Å². The smallest absolute Gasteiger partial charge is 0.240 e. The number of para-hydroxylation sites is 2. The average Bonchev–Trinajstić information content (AvgIpc) is 4.06. The molecule has 0 atom stereocenters. The number of hydrogen-bond donors (Lipinski definition) is 0. The molecule has 63 heavy (non-hydrogen) atoms. The molecule has 0 radical (unpaired) electrons. The summed E-state index contributed by atoms with van der Waals surface area (Å²) in [7, 11) is 0. The van der Waals surface area contributed by atoms with Crippen LogP contribution in [0.2, 0.25) is 0 Å². The van der Waals surface area contributed by atoms with E-state index in [2.05, 4.69) is 203 Å². The second kappa shape index (κ2) is 12.8. The van der Waals surface area contributed by atoms with E-state index in [1.54, 1.807) is 0 Å². The second-order valence-corrected chi connectivity index (χ2v) is 16.7. The molecule has 0 N–H and O–H groups in total. The molecule has 0 saturated carbocycles. The van der Waals surface area contributed by atoms with Crippen LogP contribution in [0.15, 0.2) is 212 Å². The molecule has 5 nitrogen and oxygen atoms in total. The zero-order valence-corrected chi connectivity index (χ0v) is 33.9. The van der Waals surface area contributed by atoms with E-state index >= 15 is 0 Å². The highest BCUT2D eigenvalue weighted by Crippen LogP contribution is 2.64. The molecule has 292 valence electrons. The third-order valence-electron chi connectivity index (χ3n) is 13.6. The van der Waals surface area contributed by atoms with Crippen LogP contribution in [0.25, 0.3) is 100 Å². The van der Waals surface area contributed by atoms with Crippen molar-refractivity contribution in [3.05, 3.63) is 235 Å². The highest BCUT2D eigenvalue weighted by Gasteiger charge is 2.52. The van der Waals surface area contributed by atoms with Crippen LogP contribution in [0, 0.1) is 0 Å². The van der Waals surface area contributed by atoms with Gasteiger partial charge in [-0.05, 0) is 86.0 Å². The Kier molecular flexibility index (Phi) is 6.97. The SMILES string of the molecule is c1ccc(-c2ccc3c(c2)c2ccccc2n3-c2nc(-c3ccccc3)nc(-n3c4ccccc4c4c5c(ccc43)C3(c4ccccc4-c4ccccc43)c3ccccc3-5)n2)cc1. The van der Waals surface area contributed by atoms with Crippen molar-refractivity contribution in [3.63, 3.8) is 0 Å². The van der Waals surface area contributed by atoms with Gasteiger partial charge in [0.2, 0.25) is 11.9 Å². The predicted octanol–water partition coefficient (Wildman–Crippen LogP) is 13.7. The van der Waals surface area contributed by atoms with E-state index in [0.29, 0.717) is 17.7 Å².